The second-order valence-electron chi connectivity index (χ2n) is 8.05. The van der Waals surface area contributed by atoms with Gasteiger partial charge in [0, 0.05) is 37.2 Å². The predicted octanol–water partition coefficient (Wildman–Crippen LogP) is 3.24. The number of rotatable bonds is 7. The van der Waals surface area contributed by atoms with Crippen LogP contribution in [0.4, 0.5) is 26.3 Å². The fraction of sp³-hybridized carbons (Fsp3) is 0.348. The quantitative estimate of drug-likeness (QED) is 0.466. The Hall–Kier alpha value is -3.21. The van der Waals surface area contributed by atoms with Crippen LogP contribution >= 0.6 is 0 Å². The van der Waals surface area contributed by atoms with Gasteiger partial charge in [0.15, 0.2) is 11.6 Å². The lowest BCUT2D eigenvalue weighted by Crippen LogP contribution is -2.50. The Balaban J connectivity index is 1.75. The van der Waals surface area contributed by atoms with Crippen molar-refractivity contribution in [3.8, 4) is 0 Å². The molecule has 184 valence electrons. The van der Waals surface area contributed by atoms with Gasteiger partial charge in [-0.2, -0.15) is 0 Å². The molecule has 1 unspecified atom stereocenters. The van der Waals surface area contributed by atoms with Gasteiger partial charge < -0.3 is 21.3 Å². The van der Waals surface area contributed by atoms with Crippen LogP contribution in [0.1, 0.15) is 17.5 Å². The zero-order valence-corrected chi connectivity index (χ0v) is 18.1. The third-order valence-electron chi connectivity index (χ3n) is 5.53. The molecule has 0 saturated carbocycles. The lowest BCUT2D eigenvalue weighted by molar-refractivity contribution is -0.132. The largest absolute Gasteiger partial charge is 0.397 e. The summed E-state index contributed by atoms with van der Waals surface area (Å²) in [5.41, 5.74) is 12.5. The number of piperazine rings is 1. The van der Waals surface area contributed by atoms with E-state index in [1.807, 2.05) is 0 Å². The first-order chi connectivity index (χ1) is 16.0. The van der Waals surface area contributed by atoms with Crippen molar-refractivity contribution in [2.24, 2.45) is 11.5 Å². The van der Waals surface area contributed by atoms with Crippen LogP contribution in [0.15, 0.2) is 42.1 Å². The van der Waals surface area contributed by atoms with E-state index < -0.39 is 48.2 Å². The van der Waals surface area contributed by atoms with Crippen LogP contribution in [0.3, 0.4) is 0 Å². The Labute approximate surface area is 192 Å². The molecule has 2 aromatic carbocycles. The Kier molecular flexibility index (Phi) is 8.08. The Morgan fingerprint density at radius 1 is 1.00 bits per heavy atom. The molecule has 0 bridgehead atoms. The van der Waals surface area contributed by atoms with Crippen molar-refractivity contribution in [3.05, 3.63) is 76.5 Å². The molecule has 5 nitrogen and oxygen atoms in total. The molecule has 0 spiro atoms. The minimum absolute atomic E-state index is 0.0609. The van der Waals surface area contributed by atoms with Crippen LogP contribution in [0.2, 0.25) is 0 Å². The standard InChI is InChI=1S/C23H24F6N4O/c24-15-3-1-2-13(6-15)23(31)20-11-33(5-4-32(20)12-21(28)29)22(34)9-16(30)7-14-8-18(26)19(27)10-17(14)25/h1-3,6,8,10,16,21H,4-5,7,9,11-12,30-31H2/b23-20-. The number of hydrogen-bond donors (Lipinski definition) is 2. The molecule has 1 aliphatic rings. The maximum absolute atomic E-state index is 13.9. The van der Waals surface area contributed by atoms with Gasteiger partial charge in [0.1, 0.15) is 11.6 Å². The van der Waals surface area contributed by atoms with Crippen molar-refractivity contribution < 1.29 is 31.1 Å². The summed E-state index contributed by atoms with van der Waals surface area (Å²) in [5, 5.41) is 0. The highest BCUT2D eigenvalue weighted by Crippen LogP contribution is 2.24. The van der Waals surface area contributed by atoms with Crippen molar-refractivity contribution in [2.45, 2.75) is 25.3 Å². The van der Waals surface area contributed by atoms with E-state index >= 15 is 0 Å². The van der Waals surface area contributed by atoms with Crippen LogP contribution in [-0.4, -0.2) is 54.4 Å². The number of alkyl halides is 2. The first-order valence-electron chi connectivity index (χ1n) is 10.5. The molecule has 4 N–H and O–H groups in total. The van der Waals surface area contributed by atoms with Gasteiger partial charge in [0.2, 0.25) is 5.91 Å². The van der Waals surface area contributed by atoms with Crippen molar-refractivity contribution >= 4 is 11.6 Å². The van der Waals surface area contributed by atoms with Gasteiger partial charge in [-0.15, -0.1) is 0 Å². The topological polar surface area (TPSA) is 75.6 Å². The lowest BCUT2D eigenvalue weighted by Gasteiger charge is -2.39. The number of nitrogens with zero attached hydrogens (tertiary/aromatic N) is 2. The van der Waals surface area contributed by atoms with E-state index in [0.29, 0.717) is 12.1 Å². The van der Waals surface area contributed by atoms with Gasteiger partial charge in [0.25, 0.3) is 6.43 Å². The monoisotopic (exact) mass is 486 g/mol. The molecule has 1 fully saturated rings. The molecule has 1 heterocycles. The van der Waals surface area contributed by atoms with Crippen molar-refractivity contribution in [3.63, 3.8) is 0 Å². The number of carbonyl (C=O) groups is 1. The van der Waals surface area contributed by atoms with Gasteiger partial charge in [-0.3, -0.25) is 4.79 Å². The lowest BCUT2D eigenvalue weighted by atomic mass is 10.0. The summed E-state index contributed by atoms with van der Waals surface area (Å²) in [7, 11) is 0. The summed E-state index contributed by atoms with van der Waals surface area (Å²) < 4.78 is 80.3. The van der Waals surface area contributed by atoms with E-state index in [-0.39, 0.29) is 55.0 Å². The zero-order chi connectivity index (χ0) is 25.0. The first-order valence-corrected chi connectivity index (χ1v) is 10.5. The van der Waals surface area contributed by atoms with E-state index in [0.717, 1.165) is 6.07 Å². The highest BCUT2D eigenvalue weighted by atomic mass is 19.3. The number of amides is 1. The average molecular weight is 486 g/mol. The average Bonchev–Trinajstić information content (AvgIpc) is 2.76. The second-order valence-corrected chi connectivity index (χ2v) is 8.05. The molecule has 0 aromatic heterocycles. The molecule has 0 radical (unpaired) electrons. The zero-order valence-electron chi connectivity index (χ0n) is 18.1. The molecule has 0 aliphatic carbocycles. The fourth-order valence-corrected chi connectivity index (χ4v) is 3.82. The number of carbonyl (C=O) groups excluding carboxylic acids is 1. The van der Waals surface area contributed by atoms with Crippen molar-refractivity contribution in [1.82, 2.24) is 9.80 Å². The maximum Gasteiger partial charge on any atom is 0.255 e. The van der Waals surface area contributed by atoms with Gasteiger partial charge in [0.05, 0.1) is 24.5 Å². The summed E-state index contributed by atoms with van der Waals surface area (Å²) >= 11 is 0. The second kappa shape index (κ2) is 10.8. The molecule has 1 atom stereocenters. The number of hydrogen-bond acceptors (Lipinski definition) is 4. The summed E-state index contributed by atoms with van der Waals surface area (Å²) in [6, 6.07) is 5.53. The molecule has 34 heavy (non-hydrogen) atoms. The summed E-state index contributed by atoms with van der Waals surface area (Å²) in [4.78, 5) is 15.5. The number of benzene rings is 2. The normalized spacial score (nSPS) is 16.7. The van der Waals surface area contributed by atoms with E-state index in [1.54, 1.807) is 0 Å². The number of halogens is 6. The molecular formula is C23H24F6N4O. The molecule has 1 aliphatic heterocycles. The van der Waals surface area contributed by atoms with E-state index in [1.165, 1.54) is 28.0 Å². The Bertz CT molecular complexity index is 1080. The molecule has 2 aromatic rings. The van der Waals surface area contributed by atoms with Crippen LogP contribution in [0.25, 0.3) is 5.70 Å². The molecule has 11 heteroatoms. The van der Waals surface area contributed by atoms with Gasteiger partial charge in [-0.1, -0.05) is 12.1 Å². The summed E-state index contributed by atoms with van der Waals surface area (Å²) in [5.74, 6) is -4.54. The minimum atomic E-state index is -2.66. The molecule has 1 saturated heterocycles. The fourth-order valence-electron chi connectivity index (χ4n) is 3.82. The van der Waals surface area contributed by atoms with Gasteiger partial charge in [-0.05, 0) is 30.2 Å². The first kappa shape index (κ1) is 25.4. The van der Waals surface area contributed by atoms with Gasteiger partial charge >= 0.3 is 0 Å². The molecular weight excluding hydrogens is 462 g/mol. The number of nitrogens with two attached hydrogens (primary N) is 2. The van der Waals surface area contributed by atoms with Crippen LogP contribution < -0.4 is 11.5 Å². The highest BCUT2D eigenvalue weighted by Gasteiger charge is 2.29. The van der Waals surface area contributed by atoms with Crippen molar-refractivity contribution in [2.75, 3.05) is 26.2 Å². The van der Waals surface area contributed by atoms with E-state index in [2.05, 4.69) is 0 Å². The Morgan fingerprint density at radius 2 is 1.71 bits per heavy atom. The summed E-state index contributed by atoms with van der Waals surface area (Å²) in [6.07, 6.45) is -3.12. The SMILES string of the molecule is N/C(=C1/CN(C(=O)CC(N)Cc2cc(F)c(F)cc2F)CCN1CC(F)F)c1cccc(F)c1. The smallest absolute Gasteiger partial charge is 0.255 e. The van der Waals surface area contributed by atoms with Crippen molar-refractivity contribution in [1.29, 1.82) is 0 Å². The third kappa shape index (κ3) is 6.22. The minimum Gasteiger partial charge on any atom is -0.397 e. The Morgan fingerprint density at radius 3 is 2.38 bits per heavy atom. The maximum atomic E-state index is 13.9. The van der Waals surface area contributed by atoms with E-state index in [4.69, 9.17) is 11.5 Å². The molecule has 1 amide bonds. The van der Waals surface area contributed by atoms with Crippen LogP contribution in [0, 0.1) is 23.3 Å². The van der Waals surface area contributed by atoms with E-state index in [9.17, 15) is 31.1 Å². The van der Waals surface area contributed by atoms with Gasteiger partial charge in [-0.25, -0.2) is 26.3 Å². The van der Waals surface area contributed by atoms with Crippen LogP contribution in [-0.2, 0) is 11.2 Å². The third-order valence-corrected chi connectivity index (χ3v) is 5.53. The molecule has 3 rings (SSSR count). The summed E-state index contributed by atoms with van der Waals surface area (Å²) in [6.45, 7) is -0.547. The highest BCUT2D eigenvalue weighted by molar-refractivity contribution is 5.78. The predicted molar refractivity (Wildman–Crippen MR) is 114 cm³/mol. The van der Waals surface area contributed by atoms with Crippen LogP contribution in [0.5, 0.6) is 0 Å².